The summed E-state index contributed by atoms with van der Waals surface area (Å²) in [6.45, 7) is 5.61. The average molecular weight is 437 g/mol. The molecule has 0 fully saturated rings. The maximum atomic E-state index is 12.8. The van der Waals surface area contributed by atoms with E-state index in [4.69, 9.17) is 9.47 Å². The van der Waals surface area contributed by atoms with E-state index in [0.29, 0.717) is 11.4 Å². The van der Waals surface area contributed by atoms with Crippen LogP contribution in [0.4, 0.5) is 5.69 Å². The number of fused-ring (bicyclic) bond motifs is 1. The summed E-state index contributed by atoms with van der Waals surface area (Å²) < 4.78 is 10.7. The average Bonchev–Trinajstić information content (AvgIpc) is 2.83. The van der Waals surface area contributed by atoms with Crippen LogP contribution >= 0.6 is 0 Å². The van der Waals surface area contributed by atoms with Gasteiger partial charge in [0.25, 0.3) is 11.8 Å². The van der Waals surface area contributed by atoms with Crippen molar-refractivity contribution in [2.75, 3.05) is 25.7 Å². The van der Waals surface area contributed by atoms with Crippen LogP contribution in [0.5, 0.6) is 5.75 Å². The van der Waals surface area contributed by atoms with Crippen LogP contribution in [0.2, 0.25) is 0 Å². The number of carbonyl (C=O) groups is 2. The molecule has 1 unspecified atom stereocenters. The number of nitrogens with one attached hydrogen (secondary N) is 1. The normalized spacial score (nSPS) is 21.0. The molecule has 0 saturated heterocycles. The number of nitrogens with zero attached hydrogens (tertiary/aromatic N) is 1. The van der Waals surface area contributed by atoms with Gasteiger partial charge in [-0.15, -0.1) is 0 Å². The van der Waals surface area contributed by atoms with Crippen LogP contribution in [-0.4, -0.2) is 78.4 Å². The molecule has 1 aliphatic rings. The van der Waals surface area contributed by atoms with Crippen LogP contribution in [0.3, 0.4) is 0 Å². The van der Waals surface area contributed by atoms with E-state index in [-0.39, 0.29) is 12.0 Å². The predicted octanol–water partition coefficient (Wildman–Crippen LogP) is 0.227. The smallest absolute Gasteiger partial charge is 0.252 e. The molecule has 172 valence electrons. The van der Waals surface area contributed by atoms with Crippen molar-refractivity contribution < 1.29 is 34.4 Å². The summed E-state index contributed by atoms with van der Waals surface area (Å²) in [7, 11) is 2.75. The van der Waals surface area contributed by atoms with Crippen molar-refractivity contribution in [3.8, 4) is 5.75 Å². The Bertz CT molecular complexity index is 805. The van der Waals surface area contributed by atoms with E-state index in [2.05, 4.69) is 5.32 Å². The lowest BCUT2D eigenvalue weighted by atomic mass is 9.94. The molecule has 1 aromatic carbocycles. The summed E-state index contributed by atoms with van der Waals surface area (Å²) in [5, 5.41) is 33.4. The number of para-hydroxylation sites is 2. The maximum Gasteiger partial charge on any atom is 0.252 e. The molecule has 2 rings (SSSR count). The third kappa shape index (κ3) is 6.27. The molecule has 0 saturated carbocycles. The van der Waals surface area contributed by atoms with Crippen LogP contribution in [0.15, 0.2) is 36.4 Å². The molecule has 0 aromatic heterocycles. The number of benzene rings is 1. The molecule has 0 spiro atoms. The Hall–Kier alpha value is -2.46. The zero-order valence-electron chi connectivity index (χ0n) is 18.5. The van der Waals surface area contributed by atoms with Gasteiger partial charge in [0.15, 0.2) is 6.10 Å². The molecule has 4 N–H and O–H groups in total. The molecule has 0 bridgehead atoms. The fourth-order valence-electron chi connectivity index (χ4n) is 3.09. The minimum Gasteiger partial charge on any atom is -0.489 e. The first kappa shape index (κ1) is 24.8. The lowest BCUT2D eigenvalue weighted by Gasteiger charge is -2.28. The van der Waals surface area contributed by atoms with Crippen molar-refractivity contribution in [3.63, 3.8) is 0 Å². The minimum atomic E-state index is -1.73. The predicted molar refractivity (Wildman–Crippen MR) is 115 cm³/mol. The van der Waals surface area contributed by atoms with Crippen LogP contribution < -0.4 is 15.0 Å². The van der Waals surface area contributed by atoms with Gasteiger partial charge in [0.2, 0.25) is 0 Å². The summed E-state index contributed by atoms with van der Waals surface area (Å²) in [5.74, 6) is -0.721. The number of aliphatic hydroxyl groups is 3. The summed E-state index contributed by atoms with van der Waals surface area (Å²) in [6.07, 6.45) is -3.30. The topological polar surface area (TPSA) is 129 Å². The van der Waals surface area contributed by atoms with Crippen LogP contribution in [0.1, 0.15) is 20.8 Å². The number of carbonyl (C=O) groups excluding carboxylic acids is 2. The molecule has 0 radical (unpaired) electrons. The van der Waals surface area contributed by atoms with Gasteiger partial charge in [0.05, 0.1) is 5.69 Å². The van der Waals surface area contributed by atoms with Crippen molar-refractivity contribution in [1.29, 1.82) is 0 Å². The zero-order valence-corrected chi connectivity index (χ0v) is 18.5. The van der Waals surface area contributed by atoms with Gasteiger partial charge < -0.3 is 35.0 Å². The fourth-order valence-corrected chi connectivity index (χ4v) is 3.09. The highest BCUT2D eigenvalue weighted by molar-refractivity contribution is 6.01. The second kappa shape index (κ2) is 10.2. The SMILES string of the molecule is CO[C@@H](C(=O)NC1COc2ccccc2N(C)C1=O)[C@H](O)[C@@H](O)[C@H](O)/C=C/C(C)(C)C. The summed E-state index contributed by atoms with van der Waals surface area (Å²) in [4.78, 5) is 26.9. The lowest BCUT2D eigenvalue weighted by Crippen LogP contribution is -2.56. The Morgan fingerprint density at radius 1 is 1.26 bits per heavy atom. The Morgan fingerprint density at radius 2 is 1.90 bits per heavy atom. The molecule has 5 atom stereocenters. The first-order valence-electron chi connectivity index (χ1n) is 10.0. The fraction of sp³-hybridized carbons (Fsp3) is 0.545. The molecular weight excluding hydrogens is 404 g/mol. The first-order chi connectivity index (χ1) is 14.5. The highest BCUT2D eigenvalue weighted by atomic mass is 16.5. The summed E-state index contributed by atoms with van der Waals surface area (Å²) in [5.41, 5.74) is 0.324. The molecule has 1 heterocycles. The standard InChI is InChI=1S/C22H32N2O7/c1-22(2,3)11-10-15(25)17(26)18(27)19(30-5)20(28)23-13-12-31-16-9-7-6-8-14(16)24(4)21(13)29/h6-11,13,15,17-19,25-27H,12H2,1-5H3,(H,23,28)/b11-10+/t13?,15-,17+,18-,19-/m1/s1. The highest BCUT2D eigenvalue weighted by Gasteiger charge is 2.38. The second-order valence-corrected chi connectivity index (χ2v) is 8.59. The maximum absolute atomic E-state index is 12.8. The number of rotatable bonds is 7. The zero-order chi connectivity index (χ0) is 23.3. The molecule has 1 aliphatic heterocycles. The van der Waals surface area contributed by atoms with Gasteiger partial charge in [0, 0.05) is 14.2 Å². The molecule has 2 amide bonds. The number of amides is 2. The van der Waals surface area contributed by atoms with Crippen molar-refractivity contribution in [1.82, 2.24) is 5.32 Å². The van der Waals surface area contributed by atoms with E-state index in [1.807, 2.05) is 20.8 Å². The third-order valence-electron chi connectivity index (χ3n) is 4.89. The van der Waals surface area contributed by atoms with E-state index >= 15 is 0 Å². The number of ether oxygens (including phenoxy) is 2. The van der Waals surface area contributed by atoms with Crippen molar-refractivity contribution in [2.24, 2.45) is 5.41 Å². The number of aliphatic hydroxyl groups excluding tert-OH is 3. The van der Waals surface area contributed by atoms with Gasteiger partial charge in [-0.2, -0.15) is 0 Å². The van der Waals surface area contributed by atoms with E-state index in [0.717, 1.165) is 0 Å². The molecular formula is C22H32N2O7. The number of likely N-dealkylation sites (N-methyl/N-ethyl adjacent to an activating group) is 1. The first-order valence-corrected chi connectivity index (χ1v) is 10.0. The number of anilines is 1. The summed E-state index contributed by atoms with van der Waals surface area (Å²) in [6, 6.07) is 5.95. The van der Waals surface area contributed by atoms with Crippen molar-refractivity contribution in [3.05, 3.63) is 36.4 Å². The van der Waals surface area contributed by atoms with Gasteiger partial charge >= 0.3 is 0 Å². The van der Waals surface area contributed by atoms with Gasteiger partial charge in [-0.05, 0) is 17.5 Å². The molecule has 0 aliphatic carbocycles. The summed E-state index contributed by atoms with van der Waals surface area (Å²) >= 11 is 0. The van der Waals surface area contributed by atoms with Gasteiger partial charge in [0.1, 0.15) is 36.7 Å². The Kier molecular flexibility index (Phi) is 8.19. The van der Waals surface area contributed by atoms with E-state index in [1.165, 1.54) is 18.1 Å². The highest BCUT2D eigenvalue weighted by Crippen LogP contribution is 2.29. The third-order valence-corrected chi connectivity index (χ3v) is 4.89. The Balaban J connectivity index is 2.08. The number of hydrogen-bond acceptors (Lipinski definition) is 7. The minimum absolute atomic E-state index is 0.113. The molecule has 31 heavy (non-hydrogen) atoms. The van der Waals surface area contributed by atoms with E-state index in [1.54, 1.807) is 37.4 Å². The van der Waals surface area contributed by atoms with Crippen molar-refractivity contribution in [2.45, 2.75) is 51.2 Å². The number of methoxy groups -OCH3 is 1. The molecule has 9 nitrogen and oxygen atoms in total. The lowest BCUT2D eigenvalue weighted by molar-refractivity contribution is -0.150. The Morgan fingerprint density at radius 3 is 2.52 bits per heavy atom. The van der Waals surface area contributed by atoms with E-state index < -0.39 is 42.3 Å². The largest absolute Gasteiger partial charge is 0.489 e. The molecule has 9 heteroatoms. The number of allylic oxidation sites excluding steroid dienone is 1. The second-order valence-electron chi connectivity index (χ2n) is 8.59. The monoisotopic (exact) mass is 436 g/mol. The van der Waals surface area contributed by atoms with Gasteiger partial charge in [-0.1, -0.05) is 45.1 Å². The quantitative estimate of drug-likeness (QED) is 0.450. The van der Waals surface area contributed by atoms with Crippen LogP contribution in [-0.2, 0) is 14.3 Å². The van der Waals surface area contributed by atoms with Gasteiger partial charge in [-0.25, -0.2) is 0 Å². The Labute approximate surface area is 182 Å². The van der Waals surface area contributed by atoms with E-state index in [9.17, 15) is 24.9 Å². The number of hydrogen-bond donors (Lipinski definition) is 4. The van der Waals surface area contributed by atoms with Gasteiger partial charge in [-0.3, -0.25) is 9.59 Å². The van der Waals surface area contributed by atoms with Crippen LogP contribution in [0.25, 0.3) is 0 Å². The van der Waals surface area contributed by atoms with Crippen molar-refractivity contribution >= 4 is 17.5 Å². The van der Waals surface area contributed by atoms with Crippen LogP contribution in [0, 0.1) is 5.41 Å². The molecule has 1 aromatic rings.